The van der Waals surface area contributed by atoms with Gasteiger partial charge in [-0.1, -0.05) is 36.9 Å². The molecule has 2 amide bonds. The number of benzene rings is 1. The van der Waals surface area contributed by atoms with Gasteiger partial charge >= 0.3 is 6.09 Å². The highest BCUT2D eigenvalue weighted by Gasteiger charge is 2.31. The molecule has 1 aromatic rings. The van der Waals surface area contributed by atoms with Gasteiger partial charge in [0.25, 0.3) is 0 Å². The number of amides is 2. The minimum Gasteiger partial charge on any atom is -0.444 e. The minimum absolute atomic E-state index is 0.0414. The second-order valence-corrected chi connectivity index (χ2v) is 7.38. The van der Waals surface area contributed by atoms with E-state index in [-0.39, 0.29) is 24.0 Å². The van der Waals surface area contributed by atoms with Crippen LogP contribution in [0.25, 0.3) is 0 Å². The summed E-state index contributed by atoms with van der Waals surface area (Å²) in [6, 6.07) is 10.1. The molecular weight excluding hydrogens is 316 g/mol. The molecule has 1 N–H and O–H groups in total. The molecule has 0 bridgehead atoms. The maximum absolute atomic E-state index is 12.4. The monoisotopic (exact) mass is 344 g/mol. The van der Waals surface area contributed by atoms with Gasteiger partial charge in [0.2, 0.25) is 5.91 Å². The summed E-state index contributed by atoms with van der Waals surface area (Å²) < 4.78 is 5.49. The number of ether oxygens (including phenoxy) is 1. The molecule has 25 heavy (non-hydrogen) atoms. The van der Waals surface area contributed by atoms with Crippen LogP contribution in [0.2, 0.25) is 0 Å². The fraction of sp³-hybridized carbons (Fsp3) is 0.500. The summed E-state index contributed by atoms with van der Waals surface area (Å²) in [6.07, 6.45) is 2.44. The van der Waals surface area contributed by atoms with Gasteiger partial charge in [-0.3, -0.25) is 4.79 Å². The number of hydrogen-bond donors (Lipinski definition) is 1. The molecule has 5 nitrogen and oxygen atoms in total. The first-order valence-electron chi connectivity index (χ1n) is 8.76. The molecule has 5 heteroatoms. The summed E-state index contributed by atoms with van der Waals surface area (Å²) in [5.74, 6) is -0.0332. The van der Waals surface area contributed by atoms with E-state index in [4.69, 9.17) is 4.74 Å². The first-order valence-corrected chi connectivity index (χ1v) is 8.76. The lowest BCUT2D eigenvalue weighted by Gasteiger charge is -2.26. The highest BCUT2D eigenvalue weighted by atomic mass is 16.6. The van der Waals surface area contributed by atoms with Crippen LogP contribution in [-0.4, -0.2) is 41.6 Å². The number of carbonyl (C=O) groups is 2. The van der Waals surface area contributed by atoms with Crippen LogP contribution < -0.4 is 5.32 Å². The number of rotatable bonds is 3. The van der Waals surface area contributed by atoms with E-state index in [1.165, 1.54) is 11.6 Å². The van der Waals surface area contributed by atoms with Gasteiger partial charge in [-0.25, -0.2) is 4.79 Å². The van der Waals surface area contributed by atoms with Crippen molar-refractivity contribution >= 4 is 12.0 Å². The molecule has 0 saturated carbocycles. The van der Waals surface area contributed by atoms with Gasteiger partial charge in [0.15, 0.2) is 0 Å². The Hall–Kier alpha value is -2.30. The molecule has 1 aromatic carbocycles. The highest BCUT2D eigenvalue weighted by Crippen LogP contribution is 2.29. The van der Waals surface area contributed by atoms with Gasteiger partial charge in [0.05, 0.1) is 0 Å². The molecule has 0 aliphatic carbocycles. The van der Waals surface area contributed by atoms with Crippen LogP contribution in [0.3, 0.4) is 0 Å². The molecule has 1 aliphatic heterocycles. The van der Waals surface area contributed by atoms with Crippen molar-refractivity contribution < 1.29 is 14.3 Å². The second kappa shape index (κ2) is 8.19. The number of nitrogens with one attached hydrogen (secondary N) is 1. The Balaban J connectivity index is 2.16. The predicted octanol–water partition coefficient (Wildman–Crippen LogP) is 3.47. The Labute approximate surface area is 150 Å². The largest absolute Gasteiger partial charge is 0.444 e. The Kier molecular flexibility index (Phi) is 6.23. The van der Waals surface area contributed by atoms with E-state index in [1.54, 1.807) is 4.90 Å². The second-order valence-electron chi connectivity index (χ2n) is 7.38. The summed E-state index contributed by atoms with van der Waals surface area (Å²) in [6.45, 7) is 10.3. The van der Waals surface area contributed by atoms with Gasteiger partial charge in [-0.05, 0) is 45.3 Å². The average molecular weight is 344 g/mol. The van der Waals surface area contributed by atoms with Gasteiger partial charge in [0.1, 0.15) is 5.60 Å². The topological polar surface area (TPSA) is 58.6 Å². The molecule has 136 valence electrons. The first-order chi connectivity index (χ1) is 11.8. The van der Waals surface area contributed by atoms with Crippen LogP contribution in [0.15, 0.2) is 43.0 Å². The molecular formula is C20H28N2O3. The lowest BCUT2D eigenvalue weighted by atomic mass is 9.87. The van der Waals surface area contributed by atoms with E-state index >= 15 is 0 Å². The minimum atomic E-state index is -0.515. The quantitative estimate of drug-likeness (QED) is 0.854. The zero-order valence-corrected chi connectivity index (χ0v) is 15.3. The summed E-state index contributed by atoms with van der Waals surface area (Å²) in [4.78, 5) is 26.0. The van der Waals surface area contributed by atoms with E-state index in [1.807, 2.05) is 39.0 Å². The van der Waals surface area contributed by atoms with E-state index in [9.17, 15) is 9.59 Å². The summed E-state index contributed by atoms with van der Waals surface area (Å²) in [5.41, 5.74) is 0.654. The molecule has 1 heterocycles. The van der Waals surface area contributed by atoms with Crippen molar-refractivity contribution in [3.8, 4) is 0 Å². The molecule has 1 saturated heterocycles. The molecule has 2 atom stereocenters. The number of hydrogen-bond acceptors (Lipinski definition) is 3. The molecule has 0 spiro atoms. The van der Waals surface area contributed by atoms with Crippen molar-refractivity contribution in [1.29, 1.82) is 0 Å². The van der Waals surface area contributed by atoms with Crippen molar-refractivity contribution in [2.75, 3.05) is 13.1 Å². The van der Waals surface area contributed by atoms with Crippen LogP contribution >= 0.6 is 0 Å². The summed E-state index contributed by atoms with van der Waals surface area (Å²) in [7, 11) is 0. The van der Waals surface area contributed by atoms with Crippen molar-refractivity contribution in [3.63, 3.8) is 0 Å². The van der Waals surface area contributed by atoms with Crippen LogP contribution in [-0.2, 0) is 9.53 Å². The third-order valence-corrected chi connectivity index (χ3v) is 4.30. The number of carbonyl (C=O) groups excluding carboxylic acids is 2. The molecule has 1 aliphatic rings. The third-order valence-electron chi connectivity index (χ3n) is 4.30. The van der Waals surface area contributed by atoms with E-state index in [0.717, 1.165) is 6.42 Å². The summed E-state index contributed by atoms with van der Waals surface area (Å²) in [5, 5.41) is 3.03. The van der Waals surface area contributed by atoms with Gasteiger partial charge < -0.3 is 15.0 Å². The van der Waals surface area contributed by atoms with Crippen LogP contribution in [0.5, 0.6) is 0 Å². The molecule has 2 rings (SSSR count). The lowest BCUT2D eigenvalue weighted by molar-refractivity contribution is -0.117. The Morgan fingerprint density at radius 2 is 1.84 bits per heavy atom. The van der Waals surface area contributed by atoms with Crippen molar-refractivity contribution in [3.05, 3.63) is 48.6 Å². The number of nitrogens with zero attached hydrogens (tertiary/aromatic N) is 1. The molecule has 2 unspecified atom stereocenters. The zero-order valence-electron chi connectivity index (χ0n) is 15.3. The standard InChI is InChI=1S/C20H28N2O3/c1-5-18(23)21-17-12-14-22(19(24)25-20(2,3)4)13-11-16(17)15-9-7-6-8-10-15/h5-10,16-17H,1,11-14H2,2-4H3,(H,21,23). The Bertz CT molecular complexity index is 607. The normalized spacial score (nSPS) is 21.2. The number of likely N-dealkylation sites (tertiary alicyclic amines) is 1. The van der Waals surface area contributed by atoms with Crippen molar-refractivity contribution in [2.24, 2.45) is 0 Å². The fourth-order valence-corrected chi connectivity index (χ4v) is 3.13. The van der Waals surface area contributed by atoms with Crippen LogP contribution in [0.4, 0.5) is 4.79 Å². The Morgan fingerprint density at radius 3 is 2.44 bits per heavy atom. The zero-order chi connectivity index (χ0) is 18.4. The molecule has 1 fully saturated rings. The van der Waals surface area contributed by atoms with Crippen LogP contribution in [0, 0.1) is 0 Å². The van der Waals surface area contributed by atoms with E-state index in [2.05, 4.69) is 24.0 Å². The van der Waals surface area contributed by atoms with Gasteiger partial charge in [-0.15, -0.1) is 0 Å². The molecule has 0 aromatic heterocycles. The van der Waals surface area contributed by atoms with E-state index in [0.29, 0.717) is 19.5 Å². The van der Waals surface area contributed by atoms with Gasteiger partial charge in [0, 0.05) is 25.0 Å². The maximum Gasteiger partial charge on any atom is 0.410 e. The van der Waals surface area contributed by atoms with Crippen molar-refractivity contribution in [2.45, 2.75) is 51.2 Å². The third kappa shape index (κ3) is 5.62. The maximum atomic E-state index is 12.4. The van der Waals surface area contributed by atoms with Crippen molar-refractivity contribution in [1.82, 2.24) is 10.2 Å². The summed E-state index contributed by atoms with van der Waals surface area (Å²) >= 11 is 0. The smallest absolute Gasteiger partial charge is 0.410 e. The van der Waals surface area contributed by atoms with Gasteiger partial charge in [-0.2, -0.15) is 0 Å². The van der Waals surface area contributed by atoms with Crippen LogP contribution in [0.1, 0.15) is 45.1 Å². The molecule has 0 radical (unpaired) electrons. The fourth-order valence-electron chi connectivity index (χ4n) is 3.13. The van der Waals surface area contributed by atoms with E-state index < -0.39 is 5.60 Å². The first kappa shape index (κ1) is 19.0. The predicted molar refractivity (Wildman–Crippen MR) is 98.4 cm³/mol. The SMILES string of the molecule is C=CC(=O)NC1CCN(C(=O)OC(C)(C)C)CCC1c1ccccc1. The average Bonchev–Trinajstić information content (AvgIpc) is 2.76. The Morgan fingerprint density at radius 1 is 1.20 bits per heavy atom. The highest BCUT2D eigenvalue weighted by molar-refractivity contribution is 5.87. The lowest BCUT2D eigenvalue weighted by Crippen LogP contribution is -2.39.